The lowest BCUT2D eigenvalue weighted by Crippen LogP contribution is -2.41. The van der Waals surface area contributed by atoms with Crippen LogP contribution >= 0.6 is 0 Å². The molecular weight excluding hydrogens is 306 g/mol. The Balaban J connectivity index is 2.19. The second kappa shape index (κ2) is 7.23. The Morgan fingerprint density at radius 1 is 1.35 bits per heavy atom. The Kier molecular flexibility index (Phi) is 5.32. The third kappa shape index (κ3) is 4.07. The van der Waals surface area contributed by atoms with Crippen molar-refractivity contribution in [2.45, 2.75) is 26.3 Å². The Labute approximate surface area is 131 Å². The number of hydrogen-bond donors (Lipinski definition) is 3. The number of nitrogens with one attached hydrogen (secondary N) is 2. The van der Waals surface area contributed by atoms with Crippen molar-refractivity contribution >= 4 is 11.9 Å². The zero-order valence-corrected chi connectivity index (χ0v) is 12.8. The fourth-order valence-corrected chi connectivity index (χ4v) is 2.72. The van der Waals surface area contributed by atoms with Gasteiger partial charge in [0, 0.05) is 13.1 Å². The molecule has 1 aromatic heterocycles. The zero-order valence-electron chi connectivity index (χ0n) is 12.8. The molecule has 1 aromatic rings. The van der Waals surface area contributed by atoms with Crippen LogP contribution in [0.25, 0.3) is 0 Å². The van der Waals surface area contributed by atoms with Gasteiger partial charge in [-0.1, -0.05) is 0 Å². The number of carboxylic acids is 1. The molecule has 126 valence electrons. The molecule has 0 aromatic carbocycles. The van der Waals surface area contributed by atoms with Crippen molar-refractivity contribution in [3.63, 3.8) is 0 Å². The fourth-order valence-electron chi connectivity index (χ4n) is 2.72. The third-order valence-corrected chi connectivity index (χ3v) is 3.76. The second-order valence-corrected chi connectivity index (χ2v) is 5.39. The number of nitrogens with zero attached hydrogens (tertiary/aromatic N) is 1. The van der Waals surface area contributed by atoms with Gasteiger partial charge in [-0.15, -0.1) is 0 Å². The van der Waals surface area contributed by atoms with E-state index in [1.54, 1.807) is 6.92 Å². The lowest BCUT2D eigenvalue weighted by atomic mass is 9.97. The predicted molar refractivity (Wildman–Crippen MR) is 79.3 cm³/mol. The van der Waals surface area contributed by atoms with E-state index in [0.717, 1.165) is 6.42 Å². The van der Waals surface area contributed by atoms with Gasteiger partial charge >= 0.3 is 17.6 Å². The van der Waals surface area contributed by atoms with Crippen LogP contribution in [0.4, 0.5) is 0 Å². The molecule has 23 heavy (non-hydrogen) atoms. The minimum Gasteiger partial charge on any atom is -0.477 e. The molecule has 0 aliphatic carbocycles. The number of carboxylic acid groups (broad SMARTS) is 1. The lowest BCUT2D eigenvalue weighted by molar-refractivity contribution is -0.150. The Morgan fingerprint density at radius 3 is 2.74 bits per heavy atom. The summed E-state index contributed by atoms with van der Waals surface area (Å²) in [5, 5.41) is 9.14. The first-order valence-corrected chi connectivity index (χ1v) is 7.40. The molecule has 2 heterocycles. The molecule has 0 saturated carbocycles. The van der Waals surface area contributed by atoms with Crippen molar-refractivity contribution in [1.29, 1.82) is 0 Å². The van der Waals surface area contributed by atoms with Gasteiger partial charge in [-0.2, -0.15) is 0 Å². The van der Waals surface area contributed by atoms with Crippen LogP contribution in [0, 0.1) is 5.92 Å². The second-order valence-electron chi connectivity index (χ2n) is 5.39. The maximum absolute atomic E-state index is 11.9. The number of carbonyl (C=O) groups is 2. The summed E-state index contributed by atoms with van der Waals surface area (Å²) < 4.78 is 5.01. The van der Waals surface area contributed by atoms with Crippen molar-refractivity contribution in [1.82, 2.24) is 14.9 Å². The molecule has 0 amide bonds. The summed E-state index contributed by atoms with van der Waals surface area (Å²) in [7, 11) is 0. The van der Waals surface area contributed by atoms with Crippen LogP contribution in [-0.2, 0) is 16.1 Å². The SMILES string of the molecule is CCOC(=O)C1CCCN(Cc2c(C(=O)O)[nH]c(=O)[nH]c2=O)C1. The molecule has 1 aliphatic rings. The molecule has 9 heteroatoms. The van der Waals surface area contributed by atoms with Gasteiger partial charge in [0.25, 0.3) is 5.56 Å². The highest BCUT2D eigenvalue weighted by Gasteiger charge is 2.28. The van der Waals surface area contributed by atoms with E-state index in [-0.39, 0.29) is 24.0 Å². The van der Waals surface area contributed by atoms with Crippen LogP contribution in [0.15, 0.2) is 9.59 Å². The minimum atomic E-state index is -1.37. The summed E-state index contributed by atoms with van der Waals surface area (Å²) in [5.74, 6) is -1.95. The molecule has 1 saturated heterocycles. The van der Waals surface area contributed by atoms with Gasteiger partial charge in [0.2, 0.25) is 0 Å². The summed E-state index contributed by atoms with van der Waals surface area (Å²) in [6.07, 6.45) is 1.44. The number of H-pyrrole nitrogens is 2. The van der Waals surface area contributed by atoms with Gasteiger partial charge in [0.05, 0.1) is 18.1 Å². The Bertz CT molecular complexity index is 707. The standard InChI is InChI=1S/C14H19N3O6/c1-2-23-13(21)8-4-3-5-17(6-8)7-9-10(12(19)20)15-14(22)16-11(9)18/h8H,2-7H2,1H3,(H,19,20)(H2,15,16,18,22). The average molecular weight is 325 g/mol. The van der Waals surface area contributed by atoms with Crippen molar-refractivity contribution in [2.75, 3.05) is 19.7 Å². The quantitative estimate of drug-likeness (QED) is 0.624. The van der Waals surface area contributed by atoms with E-state index >= 15 is 0 Å². The van der Waals surface area contributed by atoms with Gasteiger partial charge in [-0.05, 0) is 26.3 Å². The first-order chi connectivity index (χ1) is 10.9. The molecule has 1 unspecified atom stereocenters. The number of ether oxygens (including phenoxy) is 1. The first kappa shape index (κ1) is 16.9. The molecule has 1 fully saturated rings. The number of aromatic carboxylic acids is 1. The summed E-state index contributed by atoms with van der Waals surface area (Å²) in [5.41, 5.74) is -2.04. The summed E-state index contributed by atoms with van der Waals surface area (Å²) in [6.45, 7) is 3.10. The lowest BCUT2D eigenvalue weighted by Gasteiger charge is -2.31. The number of esters is 1. The smallest absolute Gasteiger partial charge is 0.352 e. The van der Waals surface area contributed by atoms with E-state index in [9.17, 15) is 19.2 Å². The largest absolute Gasteiger partial charge is 0.477 e. The fraction of sp³-hybridized carbons (Fsp3) is 0.571. The van der Waals surface area contributed by atoms with Crippen LogP contribution in [0.1, 0.15) is 35.8 Å². The number of rotatable bonds is 5. The number of piperidine rings is 1. The summed E-state index contributed by atoms with van der Waals surface area (Å²) in [6, 6.07) is 0. The van der Waals surface area contributed by atoms with Crippen LogP contribution in [0.2, 0.25) is 0 Å². The van der Waals surface area contributed by atoms with Crippen LogP contribution in [0.5, 0.6) is 0 Å². The number of aromatic amines is 2. The number of aromatic nitrogens is 2. The topological polar surface area (TPSA) is 133 Å². The van der Waals surface area contributed by atoms with E-state index in [1.165, 1.54) is 0 Å². The van der Waals surface area contributed by atoms with Crippen molar-refractivity contribution in [3.05, 3.63) is 32.1 Å². The van der Waals surface area contributed by atoms with Gasteiger partial charge in [0.1, 0.15) is 5.69 Å². The molecule has 1 atom stereocenters. The highest BCUT2D eigenvalue weighted by atomic mass is 16.5. The van der Waals surface area contributed by atoms with Gasteiger partial charge in [-0.3, -0.25) is 19.5 Å². The van der Waals surface area contributed by atoms with Crippen molar-refractivity contribution < 1.29 is 19.4 Å². The number of carbonyl (C=O) groups excluding carboxylic acids is 1. The van der Waals surface area contributed by atoms with Gasteiger partial charge in [0.15, 0.2) is 0 Å². The van der Waals surface area contributed by atoms with E-state index in [1.807, 2.05) is 9.88 Å². The number of likely N-dealkylation sites (tertiary alicyclic amines) is 1. The molecular formula is C14H19N3O6. The highest BCUT2D eigenvalue weighted by Crippen LogP contribution is 2.19. The molecule has 3 N–H and O–H groups in total. The first-order valence-electron chi connectivity index (χ1n) is 7.40. The predicted octanol–water partition coefficient (Wildman–Crippen LogP) is -0.463. The van der Waals surface area contributed by atoms with Crippen molar-refractivity contribution in [2.24, 2.45) is 5.92 Å². The molecule has 2 rings (SSSR count). The zero-order chi connectivity index (χ0) is 17.0. The van der Waals surface area contributed by atoms with Crippen LogP contribution in [-0.4, -0.2) is 51.6 Å². The minimum absolute atomic E-state index is 0.0263. The maximum Gasteiger partial charge on any atom is 0.352 e. The summed E-state index contributed by atoms with van der Waals surface area (Å²) in [4.78, 5) is 52.1. The average Bonchev–Trinajstić information content (AvgIpc) is 2.50. The molecule has 1 aliphatic heterocycles. The molecule has 0 spiro atoms. The van der Waals surface area contributed by atoms with Crippen LogP contribution in [0.3, 0.4) is 0 Å². The van der Waals surface area contributed by atoms with Gasteiger partial charge in [-0.25, -0.2) is 9.59 Å². The van der Waals surface area contributed by atoms with Gasteiger partial charge < -0.3 is 14.8 Å². The third-order valence-electron chi connectivity index (χ3n) is 3.76. The highest BCUT2D eigenvalue weighted by molar-refractivity contribution is 5.86. The molecule has 0 radical (unpaired) electrons. The van der Waals surface area contributed by atoms with E-state index < -0.39 is 22.9 Å². The van der Waals surface area contributed by atoms with E-state index in [0.29, 0.717) is 26.1 Å². The van der Waals surface area contributed by atoms with E-state index in [2.05, 4.69) is 4.98 Å². The monoisotopic (exact) mass is 325 g/mol. The van der Waals surface area contributed by atoms with Crippen LogP contribution < -0.4 is 11.2 Å². The Hall–Kier alpha value is -2.42. The van der Waals surface area contributed by atoms with E-state index in [4.69, 9.17) is 9.84 Å². The maximum atomic E-state index is 11.9. The van der Waals surface area contributed by atoms with Crippen molar-refractivity contribution in [3.8, 4) is 0 Å². The molecule has 9 nitrogen and oxygen atoms in total. The summed E-state index contributed by atoms with van der Waals surface area (Å²) >= 11 is 0. The number of hydrogen-bond acceptors (Lipinski definition) is 6. The Morgan fingerprint density at radius 2 is 2.09 bits per heavy atom. The molecule has 0 bridgehead atoms. The normalized spacial score (nSPS) is 18.6.